The first-order chi connectivity index (χ1) is 7.91. The molecule has 2 heterocycles. The van der Waals surface area contributed by atoms with Crippen molar-refractivity contribution in [3.05, 3.63) is 33.9 Å². The number of aromatic nitrogens is 4. The first-order valence-electron chi connectivity index (χ1n) is 5.77. The summed E-state index contributed by atoms with van der Waals surface area (Å²) in [4.78, 5) is 9.02. The van der Waals surface area contributed by atoms with Gasteiger partial charge in [0.2, 0.25) is 0 Å². The van der Waals surface area contributed by atoms with Gasteiger partial charge in [0.25, 0.3) is 5.95 Å². The van der Waals surface area contributed by atoms with Crippen molar-refractivity contribution in [3.63, 3.8) is 0 Å². The van der Waals surface area contributed by atoms with Crippen molar-refractivity contribution < 1.29 is 0 Å². The van der Waals surface area contributed by atoms with Gasteiger partial charge in [-0.05, 0) is 52.7 Å². The second-order valence-electron chi connectivity index (χ2n) is 4.53. The van der Waals surface area contributed by atoms with Gasteiger partial charge in [0.05, 0.1) is 5.69 Å². The summed E-state index contributed by atoms with van der Waals surface area (Å²) >= 11 is 0. The number of aryl methyl sites for hydroxylation is 3. The molecule has 2 rings (SSSR count). The summed E-state index contributed by atoms with van der Waals surface area (Å²) in [5.41, 5.74) is 6.50. The molecule has 2 aromatic rings. The third kappa shape index (κ3) is 1.84. The molecule has 0 saturated heterocycles. The standard InChI is InChI=1S/C13H18N4/c1-7-9(3)14-13(15-10(7)4)17-12(6)8(2)11(5)16-17/h1-6H3. The zero-order valence-corrected chi connectivity index (χ0v) is 11.3. The van der Waals surface area contributed by atoms with Crippen molar-refractivity contribution in [1.82, 2.24) is 19.7 Å². The summed E-state index contributed by atoms with van der Waals surface area (Å²) in [5, 5.41) is 4.48. The third-order valence-electron chi connectivity index (χ3n) is 3.46. The number of hydrogen-bond donors (Lipinski definition) is 0. The molecule has 4 nitrogen and oxygen atoms in total. The molecule has 0 aromatic carbocycles. The zero-order valence-electron chi connectivity index (χ0n) is 11.3. The van der Waals surface area contributed by atoms with Gasteiger partial charge in [-0.1, -0.05) is 0 Å². The molecule has 0 N–H and O–H groups in total. The van der Waals surface area contributed by atoms with Crippen molar-refractivity contribution in [1.29, 1.82) is 0 Å². The van der Waals surface area contributed by atoms with Crippen molar-refractivity contribution >= 4 is 0 Å². The Kier molecular flexibility index (Phi) is 2.73. The van der Waals surface area contributed by atoms with E-state index >= 15 is 0 Å². The van der Waals surface area contributed by atoms with Crippen LogP contribution >= 0.6 is 0 Å². The van der Waals surface area contributed by atoms with E-state index in [9.17, 15) is 0 Å². The van der Waals surface area contributed by atoms with Gasteiger partial charge >= 0.3 is 0 Å². The van der Waals surface area contributed by atoms with Crippen LogP contribution in [0.5, 0.6) is 0 Å². The quantitative estimate of drug-likeness (QED) is 0.756. The van der Waals surface area contributed by atoms with Crippen molar-refractivity contribution in [2.75, 3.05) is 0 Å². The Hall–Kier alpha value is -1.71. The number of rotatable bonds is 1. The van der Waals surface area contributed by atoms with E-state index in [4.69, 9.17) is 0 Å². The zero-order chi connectivity index (χ0) is 12.7. The molecule has 90 valence electrons. The van der Waals surface area contributed by atoms with Crippen molar-refractivity contribution in [3.8, 4) is 5.95 Å². The van der Waals surface area contributed by atoms with E-state index in [0.29, 0.717) is 5.95 Å². The average molecular weight is 230 g/mol. The van der Waals surface area contributed by atoms with Crippen LogP contribution in [0.1, 0.15) is 33.9 Å². The van der Waals surface area contributed by atoms with Crippen LogP contribution < -0.4 is 0 Å². The molecule has 0 aliphatic carbocycles. The molecule has 0 aliphatic rings. The highest BCUT2D eigenvalue weighted by Gasteiger charge is 2.12. The predicted molar refractivity (Wildman–Crippen MR) is 67.6 cm³/mol. The fourth-order valence-corrected chi connectivity index (χ4v) is 1.76. The Bertz CT molecular complexity index is 558. The molecule has 17 heavy (non-hydrogen) atoms. The maximum atomic E-state index is 4.51. The summed E-state index contributed by atoms with van der Waals surface area (Å²) in [7, 11) is 0. The molecular formula is C13H18N4. The van der Waals surface area contributed by atoms with Crippen molar-refractivity contribution in [2.45, 2.75) is 41.5 Å². The molecule has 0 unspecified atom stereocenters. The lowest BCUT2D eigenvalue weighted by atomic mass is 10.2. The normalized spacial score (nSPS) is 10.9. The number of hydrogen-bond acceptors (Lipinski definition) is 3. The van der Waals surface area contributed by atoms with Crippen LogP contribution in [0.4, 0.5) is 0 Å². The first kappa shape index (κ1) is 11.8. The molecular weight excluding hydrogens is 212 g/mol. The highest BCUT2D eigenvalue weighted by Crippen LogP contribution is 2.16. The molecule has 0 amide bonds. The van der Waals surface area contributed by atoms with E-state index < -0.39 is 0 Å². The summed E-state index contributed by atoms with van der Waals surface area (Å²) in [5.74, 6) is 0.666. The van der Waals surface area contributed by atoms with Gasteiger partial charge in [-0.2, -0.15) is 5.10 Å². The Balaban J connectivity index is 2.65. The Morgan fingerprint density at radius 3 is 1.65 bits per heavy atom. The smallest absolute Gasteiger partial charge is 0.216 e. The van der Waals surface area contributed by atoms with Gasteiger partial charge in [-0.15, -0.1) is 0 Å². The van der Waals surface area contributed by atoms with E-state index in [1.54, 1.807) is 0 Å². The maximum absolute atomic E-state index is 4.51. The van der Waals surface area contributed by atoms with Gasteiger partial charge < -0.3 is 0 Å². The second-order valence-corrected chi connectivity index (χ2v) is 4.53. The molecule has 0 spiro atoms. The van der Waals surface area contributed by atoms with Crippen LogP contribution in [0.3, 0.4) is 0 Å². The van der Waals surface area contributed by atoms with Gasteiger partial charge in [0.1, 0.15) is 0 Å². The lowest BCUT2D eigenvalue weighted by Crippen LogP contribution is -2.08. The summed E-state index contributed by atoms with van der Waals surface area (Å²) < 4.78 is 1.82. The lowest BCUT2D eigenvalue weighted by molar-refractivity contribution is 0.758. The molecule has 4 heteroatoms. The van der Waals surface area contributed by atoms with E-state index in [1.807, 2.05) is 39.3 Å². The van der Waals surface area contributed by atoms with Crippen LogP contribution in [-0.2, 0) is 0 Å². The molecule has 0 radical (unpaired) electrons. The van der Waals surface area contributed by atoms with Gasteiger partial charge in [-0.25, -0.2) is 14.6 Å². The molecule has 0 fully saturated rings. The fourth-order valence-electron chi connectivity index (χ4n) is 1.76. The second kappa shape index (κ2) is 3.95. The molecule has 0 saturated carbocycles. The highest BCUT2D eigenvalue weighted by atomic mass is 15.4. The largest absolute Gasteiger partial charge is 0.251 e. The maximum Gasteiger partial charge on any atom is 0.251 e. The summed E-state index contributed by atoms with van der Waals surface area (Å²) in [6.45, 7) is 12.2. The van der Waals surface area contributed by atoms with E-state index in [2.05, 4.69) is 22.0 Å². The van der Waals surface area contributed by atoms with Crippen molar-refractivity contribution in [2.24, 2.45) is 0 Å². The minimum Gasteiger partial charge on any atom is -0.216 e. The Labute approximate surface area is 102 Å². The number of nitrogens with zero attached hydrogens (tertiary/aromatic N) is 4. The Morgan fingerprint density at radius 1 is 0.706 bits per heavy atom. The predicted octanol–water partition coefficient (Wildman–Crippen LogP) is 2.51. The summed E-state index contributed by atoms with van der Waals surface area (Å²) in [6.07, 6.45) is 0. The van der Waals surface area contributed by atoms with Crippen LogP contribution in [-0.4, -0.2) is 19.7 Å². The SMILES string of the molecule is Cc1nc(-n2nc(C)c(C)c2C)nc(C)c1C. The van der Waals surface area contributed by atoms with Crippen LogP contribution in [0, 0.1) is 41.5 Å². The van der Waals surface area contributed by atoms with E-state index in [0.717, 1.165) is 28.3 Å². The van der Waals surface area contributed by atoms with Gasteiger partial charge in [0.15, 0.2) is 0 Å². The molecule has 0 atom stereocenters. The monoisotopic (exact) mass is 230 g/mol. The van der Waals surface area contributed by atoms with Gasteiger partial charge in [-0.3, -0.25) is 0 Å². The van der Waals surface area contributed by atoms with Crippen LogP contribution in [0.15, 0.2) is 0 Å². The highest BCUT2D eigenvalue weighted by molar-refractivity contribution is 5.31. The van der Waals surface area contributed by atoms with E-state index in [-0.39, 0.29) is 0 Å². The van der Waals surface area contributed by atoms with E-state index in [1.165, 1.54) is 5.56 Å². The molecule has 0 bridgehead atoms. The molecule has 2 aromatic heterocycles. The fraction of sp³-hybridized carbons (Fsp3) is 0.462. The first-order valence-corrected chi connectivity index (χ1v) is 5.77. The molecule has 0 aliphatic heterocycles. The van der Waals surface area contributed by atoms with Gasteiger partial charge in [0, 0.05) is 17.1 Å². The Morgan fingerprint density at radius 2 is 1.24 bits per heavy atom. The lowest BCUT2D eigenvalue weighted by Gasteiger charge is -2.08. The summed E-state index contributed by atoms with van der Waals surface area (Å²) in [6, 6.07) is 0. The third-order valence-corrected chi connectivity index (χ3v) is 3.46. The average Bonchev–Trinajstić information content (AvgIpc) is 2.53. The minimum absolute atomic E-state index is 0.666. The van der Waals surface area contributed by atoms with Crippen LogP contribution in [0.2, 0.25) is 0 Å². The topological polar surface area (TPSA) is 43.6 Å². The van der Waals surface area contributed by atoms with Crippen LogP contribution in [0.25, 0.3) is 5.95 Å². The minimum atomic E-state index is 0.666.